The topological polar surface area (TPSA) is 94.8 Å². The van der Waals surface area contributed by atoms with E-state index in [1.165, 1.54) is 12.4 Å². The summed E-state index contributed by atoms with van der Waals surface area (Å²) in [7, 11) is 0. The fourth-order valence-corrected chi connectivity index (χ4v) is 2.51. The highest BCUT2D eigenvalue weighted by Gasteiger charge is 2.27. The van der Waals surface area contributed by atoms with Crippen LogP contribution in [0, 0.1) is 0 Å². The van der Waals surface area contributed by atoms with Gasteiger partial charge in [0.2, 0.25) is 5.88 Å². The summed E-state index contributed by atoms with van der Waals surface area (Å²) < 4.78 is 0. The second-order valence-corrected chi connectivity index (χ2v) is 5.15. The van der Waals surface area contributed by atoms with E-state index in [9.17, 15) is 5.11 Å². The second-order valence-electron chi connectivity index (χ2n) is 4.76. The average molecular weight is 292 g/mol. The molecule has 0 aliphatic heterocycles. The summed E-state index contributed by atoms with van der Waals surface area (Å²) in [4.78, 5) is 10.8. The van der Waals surface area contributed by atoms with Crippen molar-refractivity contribution in [1.82, 2.24) is 9.97 Å². The van der Waals surface area contributed by atoms with Gasteiger partial charge in [-0.15, -0.1) is 0 Å². The van der Waals surface area contributed by atoms with E-state index in [-0.39, 0.29) is 5.88 Å². The molecule has 1 atom stereocenters. The third-order valence-corrected chi connectivity index (χ3v) is 3.51. The average Bonchev–Trinajstić information content (AvgIpc) is 2.39. The van der Waals surface area contributed by atoms with Crippen LogP contribution in [-0.4, -0.2) is 15.1 Å². The number of fused-ring (bicyclic) bond motifs is 1. The van der Waals surface area contributed by atoms with Crippen LogP contribution in [0.25, 0.3) is 21.2 Å². The Labute approximate surface area is 121 Å². The third kappa shape index (κ3) is 2.48. The minimum atomic E-state index is -0.743. The first-order chi connectivity index (χ1) is 9.51. The molecule has 0 aliphatic carbocycles. The van der Waals surface area contributed by atoms with Crippen molar-refractivity contribution in [1.29, 1.82) is 0 Å². The molecule has 2 heterocycles. The van der Waals surface area contributed by atoms with E-state index in [0.29, 0.717) is 22.3 Å². The molecule has 0 spiro atoms. The first-order valence-electron chi connectivity index (χ1n) is 6.22. The van der Waals surface area contributed by atoms with Gasteiger partial charge in [0.05, 0.1) is 10.9 Å². The highest BCUT2D eigenvalue weighted by atomic mass is 35.5. The molecule has 0 amide bonds. The lowest BCUT2D eigenvalue weighted by Gasteiger charge is -2.25. The van der Waals surface area contributed by atoms with Gasteiger partial charge in [0.25, 0.3) is 0 Å². The van der Waals surface area contributed by atoms with Crippen molar-refractivity contribution < 1.29 is 5.11 Å². The van der Waals surface area contributed by atoms with Gasteiger partial charge in [0.1, 0.15) is 5.15 Å². The number of hydrogen-bond acceptors (Lipinski definition) is 4. The van der Waals surface area contributed by atoms with E-state index in [1.54, 1.807) is 6.07 Å². The van der Waals surface area contributed by atoms with Gasteiger partial charge >= 0.3 is 0 Å². The van der Waals surface area contributed by atoms with E-state index in [4.69, 9.17) is 17.1 Å². The second kappa shape index (κ2) is 5.53. The van der Waals surface area contributed by atoms with Crippen LogP contribution < -0.4 is 0 Å². The number of aromatic nitrogens is 2. The van der Waals surface area contributed by atoms with Crippen LogP contribution in [0.2, 0.25) is 5.15 Å². The van der Waals surface area contributed by atoms with Gasteiger partial charge in [-0.25, -0.2) is 9.97 Å². The summed E-state index contributed by atoms with van der Waals surface area (Å²) in [5.41, 5.74) is 8.81. The van der Waals surface area contributed by atoms with Crippen LogP contribution in [0.3, 0.4) is 0 Å². The van der Waals surface area contributed by atoms with Crippen molar-refractivity contribution in [3.63, 3.8) is 0 Å². The van der Waals surface area contributed by atoms with E-state index < -0.39 is 5.54 Å². The zero-order valence-electron chi connectivity index (χ0n) is 11.2. The van der Waals surface area contributed by atoms with Crippen LogP contribution in [0.4, 0.5) is 0 Å². The van der Waals surface area contributed by atoms with Crippen molar-refractivity contribution in [2.24, 2.45) is 5.11 Å². The summed E-state index contributed by atoms with van der Waals surface area (Å²) in [5.74, 6) is -0.118. The van der Waals surface area contributed by atoms with Crippen molar-refractivity contribution in [3.05, 3.63) is 39.6 Å². The van der Waals surface area contributed by atoms with Crippen LogP contribution in [0.15, 0.2) is 23.6 Å². The van der Waals surface area contributed by atoms with E-state index >= 15 is 0 Å². The van der Waals surface area contributed by atoms with Crippen LogP contribution in [0.5, 0.6) is 5.88 Å². The monoisotopic (exact) mass is 291 g/mol. The summed E-state index contributed by atoms with van der Waals surface area (Å²) in [6.07, 6.45) is 4.50. The Morgan fingerprint density at radius 1 is 1.40 bits per heavy atom. The summed E-state index contributed by atoms with van der Waals surface area (Å²) >= 11 is 5.93. The molecule has 2 rings (SSSR count). The van der Waals surface area contributed by atoms with Gasteiger partial charge in [-0.2, -0.15) is 0 Å². The summed E-state index contributed by atoms with van der Waals surface area (Å²) in [5, 5.41) is 15.2. The molecule has 7 heteroatoms. The van der Waals surface area contributed by atoms with Crippen LogP contribution in [-0.2, 0) is 5.54 Å². The molecule has 0 saturated heterocycles. The van der Waals surface area contributed by atoms with Crippen LogP contribution in [0.1, 0.15) is 32.3 Å². The minimum absolute atomic E-state index is 0.118. The van der Waals surface area contributed by atoms with Gasteiger partial charge in [-0.1, -0.05) is 30.1 Å². The molecule has 1 unspecified atom stereocenters. The summed E-state index contributed by atoms with van der Waals surface area (Å²) in [6.45, 7) is 3.85. The van der Waals surface area contributed by atoms with E-state index in [0.717, 1.165) is 12.0 Å². The quantitative estimate of drug-likeness (QED) is 0.393. The number of aromatic hydroxyl groups is 1. The third-order valence-electron chi connectivity index (χ3n) is 3.30. The SMILES string of the molecule is CCCC(C)(N=[N+]=[N-])c1cnc(O)c2cnc(Cl)cc12. The number of hydrogen-bond donors (Lipinski definition) is 1. The fraction of sp³-hybridized carbons (Fsp3) is 0.385. The van der Waals surface area contributed by atoms with Gasteiger partial charge in [0.15, 0.2) is 0 Å². The van der Waals surface area contributed by atoms with Crippen molar-refractivity contribution >= 4 is 22.4 Å². The molecule has 104 valence electrons. The van der Waals surface area contributed by atoms with Gasteiger partial charge < -0.3 is 5.11 Å². The van der Waals surface area contributed by atoms with E-state index in [2.05, 4.69) is 20.0 Å². The molecular formula is C13H14ClN5O. The molecule has 0 bridgehead atoms. The maximum absolute atomic E-state index is 9.81. The Morgan fingerprint density at radius 2 is 2.15 bits per heavy atom. The molecule has 1 N–H and O–H groups in total. The van der Waals surface area contributed by atoms with Gasteiger partial charge in [-0.05, 0) is 35.9 Å². The zero-order chi connectivity index (χ0) is 14.8. The molecule has 0 saturated carbocycles. The number of azide groups is 1. The Balaban J connectivity index is 2.79. The first kappa shape index (κ1) is 14.4. The zero-order valence-corrected chi connectivity index (χ0v) is 12.0. The highest BCUT2D eigenvalue weighted by molar-refractivity contribution is 6.30. The Bertz CT molecular complexity index is 698. The predicted molar refractivity (Wildman–Crippen MR) is 77.6 cm³/mol. The standard InChI is InChI=1S/C13H14ClN5O/c1-3-4-13(2,18-19-15)10-7-17-12(20)9-6-16-11(14)5-8(9)10/h5-7H,3-4H2,1-2H3,(H,17,20). The molecule has 0 radical (unpaired) electrons. The molecule has 0 aliphatic rings. The lowest BCUT2D eigenvalue weighted by Crippen LogP contribution is -2.19. The Hall–Kier alpha value is -2.04. The molecule has 2 aromatic rings. The number of pyridine rings is 2. The fourth-order valence-electron chi connectivity index (χ4n) is 2.35. The lowest BCUT2D eigenvalue weighted by molar-refractivity contribution is 0.439. The van der Waals surface area contributed by atoms with E-state index in [1.807, 2.05) is 13.8 Å². The number of halogens is 1. The maximum atomic E-state index is 9.81. The lowest BCUT2D eigenvalue weighted by atomic mass is 9.87. The molecule has 20 heavy (non-hydrogen) atoms. The smallest absolute Gasteiger partial charge is 0.220 e. The van der Waals surface area contributed by atoms with Gasteiger partial charge in [-0.3, -0.25) is 0 Å². The van der Waals surface area contributed by atoms with Crippen molar-refractivity contribution in [2.75, 3.05) is 0 Å². The number of nitrogens with zero attached hydrogens (tertiary/aromatic N) is 5. The molecule has 2 aromatic heterocycles. The highest BCUT2D eigenvalue weighted by Crippen LogP contribution is 2.37. The Morgan fingerprint density at radius 3 is 2.80 bits per heavy atom. The molecule has 6 nitrogen and oxygen atoms in total. The molecule has 0 aromatic carbocycles. The predicted octanol–water partition coefficient (Wildman–Crippen LogP) is 4.31. The largest absolute Gasteiger partial charge is 0.493 e. The van der Waals surface area contributed by atoms with Crippen LogP contribution >= 0.6 is 11.6 Å². The molecule has 0 fully saturated rings. The van der Waals surface area contributed by atoms with Crippen molar-refractivity contribution in [3.8, 4) is 5.88 Å². The summed E-state index contributed by atoms with van der Waals surface area (Å²) in [6, 6.07) is 1.65. The normalized spacial score (nSPS) is 13.8. The Kier molecular flexibility index (Phi) is 3.97. The number of rotatable bonds is 4. The minimum Gasteiger partial charge on any atom is -0.493 e. The molecular weight excluding hydrogens is 278 g/mol. The maximum Gasteiger partial charge on any atom is 0.220 e. The first-order valence-corrected chi connectivity index (χ1v) is 6.59. The van der Waals surface area contributed by atoms with Crippen molar-refractivity contribution in [2.45, 2.75) is 32.2 Å². The van der Waals surface area contributed by atoms with Gasteiger partial charge in [0, 0.05) is 17.3 Å².